The van der Waals surface area contributed by atoms with Crippen molar-refractivity contribution in [2.45, 2.75) is 32.3 Å². The first-order valence-electron chi connectivity index (χ1n) is 9.40. The van der Waals surface area contributed by atoms with Gasteiger partial charge in [0.25, 0.3) is 0 Å². The number of likely N-dealkylation sites (tertiary alicyclic amines) is 1. The monoisotopic (exact) mass is 383 g/mol. The zero-order valence-corrected chi connectivity index (χ0v) is 16.1. The first-order chi connectivity index (χ1) is 13.4. The van der Waals surface area contributed by atoms with Crippen LogP contribution in [-0.2, 0) is 10.3 Å². The maximum absolute atomic E-state index is 12.6. The van der Waals surface area contributed by atoms with E-state index in [2.05, 4.69) is 10.3 Å². The van der Waals surface area contributed by atoms with Crippen LogP contribution in [0.1, 0.15) is 41.4 Å². The molecule has 148 valence electrons. The summed E-state index contributed by atoms with van der Waals surface area (Å²) in [4.78, 5) is 30.4. The fourth-order valence-electron chi connectivity index (χ4n) is 3.22. The summed E-state index contributed by atoms with van der Waals surface area (Å²) < 4.78 is 4.98. The number of nitrogens with zero attached hydrogens (tertiary/aromatic N) is 2. The van der Waals surface area contributed by atoms with E-state index >= 15 is 0 Å². The van der Waals surface area contributed by atoms with Crippen LogP contribution in [-0.4, -0.2) is 46.7 Å². The molecule has 1 aliphatic rings. The molecule has 1 aromatic heterocycles. The lowest BCUT2D eigenvalue weighted by Crippen LogP contribution is -2.47. The van der Waals surface area contributed by atoms with Gasteiger partial charge in [0.1, 0.15) is 5.60 Å². The van der Waals surface area contributed by atoms with E-state index in [1.54, 1.807) is 42.3 Å². The number of amides is 2. The summed E-state index contributed by atoms with van der Waals surface area (Å²) in [5, 5.41) is 13.7. The Hall–Kier alpha value is -2.93. The number of hydrogen-bond acceptors (Lipinski definition) is 5. The number of piperidine rings is 1. The highest BCUT2D eigenvalue weighted by Crippen LogP contribution is 2.31. The number of hydrogen-bond donors (Lipinski definition) is 2. The molecule has 2 amide bonds. The van der Waals surface area contributed by atoms with Gasteiger partial charge in [-0.05, 0) is 56.5 Å². The number of pyridine rings is 1. The summed E-state index contributed by atoms with van der Waals surface area (Å²) >= 11 is 0. The quantitative estimate of drug-likeness (QED) is 0.792. The zero-order valence-electron chi connectivity index (χ0n) is 16.1. The Bertz CT molecular complexity index is 843. The van der Waals surface area contributed by atoms with E-state index in [-0.39, 0.29) is 6.03 Å². The molecule has 7 heteroatoms. The average Bonchev–Trinajstić information content (AvgIpc) is 2.69. The number of esters is 1. The van der Waals surface area contributed by atoms with Gasteiger partial charge in [-0.3, -0.25) is 4.98 Å². The van der Waals surface area contributed by atoms with Crippen molar-refractivity contribution in [3.05, 3.63) is 59.4 Å². The topological polar surface area (TPSA) is 91.8 Å². The second-order valence-electron chi connectivity index (χ2n) is 6.97. The molecule has 28 heavy (non-hydrogen) atoms. The van der Waals surface area contributed by atoms with Crippen LogP contribution in [0, 0.1) is 6.92 Å². The molecule has 0 saturated carbocycles. The highest BCUT2D eigenvalue weighted by Gasteiger charge is 2.36. The molecule has 1 saturated heterocycles. The van der Waals surface area contributed by atoms with Gasteiger partial charge in [0, 0.05) is 25.0 Å². The van der Waals surface area contributed by atoms with Crippen LogP contribution in [0.5, 0.6) is 0 Å². The Balaban J connectivity index is 1.60. The fraction of sp³-hybridized carbons (Fsp3) is 0.381. The van der Waals surface area contributed by atoms with Crippen molar-refractivity contribution >= 4 is 17.7 Å². The molecule has 2 N–H and O–H groups in total. The maximum atomic E-state index is 12.6. The SMILES string of the molecule is CCOC(=O)c1cccc(NC(=O)N2CCC(O)(c3ccc(C)cn3)CC2)c1. The molecule has 0 radical (unpaired) electrons. The summed E-state index contributed by atoms with van der Waals surface area (Å²) in [5.74, 6) is -0.424. The van der Waals surface area contributed by atoms with Crippen molar-refractivity contribution in [1.82, 2.24) is 9.88 Å². The number of rotatable bonds is 4. The molecule has 2 aromatic rings. The number of aromatic nitrogens is 1. The van der Waals surface area contributed by atoms with Gasteiger partial charge in [-0.25, -0.2) is 9.59 Å². The van der Waals surface area contributed by atoms with Crippen LogP contribution in [0.3, 0.4) is 0 Å². The Morgan fingerprint density at radius 3 is 2.64 bits per heavy atom. The van der Waals surface area contributed by atoms with Crippen molar-refractivity contribution in [3.8, 4) is 0 Å². The van der Waals surface area contributed by atoms with Crippen molar-refractivity contribution in [1.29, 1.82) is 0 Å². The summed E-state index contributed by atoms with van der Waals surface area (Å²) in [5.41, 5.74) is 1.57. The van der Waals surface area contributed by atoms with Gasteiger partial charge in [0.15, 0.2) is 0 Å². The lowest BCUT2D eigenvalue weighted by molar-refractivity contribution is -0.0193. The molecule has 1 aromatic carbocycles. The van der Waals surface area contributed by atoms with Crippen LogP contribution < -0.4 is 5.32 Å². The molecule has 0 bridgehead atoms. The Labute approximate surface area is 164 Å². The number of urea groups is 1. The first kappa shape index (κ1) is 19.8. The Morgan fingerprint density at radius 2 is 2.00 bits per heavy atom. The summed E-state index contributed by atoms with van der Waals surface area (Å²) in [6.45, 7) is 4.81. The van der Waals surface area contributed by atoms with Gasteiger partial charge >= 0.3 is 12.0 Å². The molecule has 7 nitrogen and oxygen atoms in total. The minimum Gasteiger partial charge on any atom is -0.462 e. The number of nitrogens with one attached hydrogen (secondary N) is 1. The number of benzene rings is 1. The molecule has 0 unspecified atom stereocenters. The zero-order chi connectivity index (χ0) is 20.1. The summed E-state index contributed by atoms with van der Waals surface area (Å²) in [6.07, 6.45) is 2.57. The van der Waals surface area contributed by atoms with Crippen molar-refractivity contribution < 1.29 is 19.4 Å². The molecule has 0 spiro atoms. The number of anilines is 1. The largest absolute Gasteiger partial charge is 0.462 e. The molecule has 3 rings (SSSR count). The van der Waals surface area contributed by atoms with E-state index in [9.17, 15) is 14.7 Å². The molecule has 1 fully saturated rings. The van der Waals surface area contributed by atoms with Crippen LogP contribution in [0.25, 0.3) is 0 Å². The average molecular weight is 383 g/mol. The number of aliphatic hydroxyl groups is 1. The van der Waals surface area contributed by atoms with E-state index in [0.29, 0.717) is 49.5 Å². The third-order valence-corrected chi connectivity index (χ3v) is 4.89. The van der Waals surface area contributed by atoms with Crippen LogP contribution in [0.4, 0.5) is 10.5 Å². The molecule has 2 heterocycles. The summed E-state index contributed by atoms with van der Waals surface area (Å²) in [7, 11) is 0. The predicted molar refractivity (Wildman–Crippen MR) is 105 cm³/mol. The lowest BCUT2D eigenvalue weighted by atomic mass is 9.87. The number of carbonyl (C=O) groups excluding carboxylic acids is 2. The van der Waals surface area contributed by atoms with Crippen LogP contribution in [0.2, 0.25) is 0 Å². The van der Waals surface area contributed by atoms with Crippen molar-refractivity contribution in [3.63, 3.8) is 0 Å². The normalized spacial score (nSPS) is 15.8. The van der Waals surface area contributed by atoms with Crippen LogP contribution >= 0.6 is 0 Å². The summed E-state index contributed by atoms with van der Waals surface area (Å²) in [6, 6.07) is 10.1. The smallest absolute Gasteiger partial charge is 0.338 e. The van der Waals surface area contributed by atoms with Gasteiger partial charge in [-0.1, -0.05) is 12.1 Å². The molecule has 1 aliphatic heterocycles. The van der Waals surface area contributed by atoms with Gasteiger partial charge in [0.05, 0.1) is 17.9 Å². The number of carbonyl (C=O) groups is 2. The fourth-order valence-corrected chi connectivity index (χ4v) is 3.22. The Morgan fingerprint density at radius 1 is 1.25 bits per heavy atom. The van der Waals surface area contributed by atoms with E-state index in [0.717, 1.165) is 5.56 Å². The molecule has 0 atom stereocenters. The van der Waals surface area contributed by atoms with Gasteiger partial charge in [0.2, 0.25) is 0 Å². The van der Waals surface area contributed by atoms with Gasteiger partial charge in [-0.2, -0.15) is 0 Å². The van der Waals surface area contributed by atoms with Crippen molar-refractivity contribution in [2.24, 2.45) is 0 Å². The standard InChI is InChI=1S/C21H25N3O4/c1-3-28-19(25)16-5-4-6-17(13-16)23-20(26)24-11-9-21(27,10-12-24)18-8-7-15(2)14-22-18/h4-8,13-14,27H,3,9-12H2,1-2H3,(H,23,26). The number of aryl methyl sites for hydroxylation is 1. The third-order valence-electron chi connectivity index (χ3n) is 4.89. The van der Waals surface area contributed by atoms with Crippen molar-refractivity contribution in [2.75, 3.05) is 25.0 Å². The second-order valence-corrected chi connectivity index (χ2v) is 6.97. The Kier molecular flexibility index (Phi) is 5.94. The highest BCUT2D eigenvalue weighted by atomic mass is 16.5. The number of ether oxygens (including phenoxy) is 1. The highest BCUT2D eigenvalue weighted by molar-refractivity contribution is 5.94. The minimum atomic E-state index is -1.02. The third kappa shape index (κ3) is 4.48. The van der Waals surface area contributed by atoms with Crippen LogP contribution in [0.15, 0.2) is 42.6 Å². The van der Waals surface area contributed by atoms with Gasteiger partial charge in [-0.15, -0.1) is 0 Å². The lowest BCUT2D eigenvalue weighted by Gasteiger charge is -2.37. The minimum absolute atomic E-state index is 0.264. The van der Waals surface area contributed by atoms with E-state index in [4.69, 9.17) is 4.74 Å². The second kappa shape index (κ2) is 8.39. The molecule has 0 aliphatic carbocycles. The maximum Gasteiger partial charge on any atom is 0.338 e. The molecular formula is C21H25N3O4. The van der Waals surface area contributed by atoms with Gasteiger partial charge < -0.3 is 20.1 Å². The molecular weight excluding hydrogens is 358 g/mol. The van der Waals surface area contributed by atoms with E-state index in [1.807, 2.05) is 19.1 Å². The first-order valence-corrected chi connectivity index (χ1v) is 9.40. The van der Waals surface area contributed by atoms with E-state index in [1.165, 1.54) is 0 Å². The predicted octanol–water partition coefficient (Wildman–Crippen LogP) is 3.08. The van der Waals surface area contributed by atoms with E-state index < -0.39 is 11.6 Å².